The van der Waals surface area contributed by atoms with Gasteiger partial charge in [0.2, 0.25) is 5.91 Å². The van der Waals surface area contributed by atoms with Gasteiger partial charge in [0.05, 0.1) is 23.5 Å². The Labute approximate surface area is 170 Å². The molecule has 0 saturated heterocycles. The fourth-order valence-electron chi connectivity index (χ4n) is 2.90. The lowest BCUT2D eigenvalue weighted by molar-refractivity contribution is -0.274. The molecule has 2 aromatic carbocycles. The molecule has 0 aliphatic heterocycles. The molecule has 5 nitrogen and oxygen atoms in total. The molecule has 0 fully saturated rings. The number of aromatic nitrogens is 2. The number of nitrogens with zero attached hydrogens (tertiary/aromatic N) is 2. The normalized spacial score (nSPS) is 11.4. The highest BCUT2D eigenvalue weighted by Gasteiger charge is 2.32. The van der Waals surface area contributed by atoms with E-state index in [0.29, 0.717) is 16.3 Å². The van der Waals surface area contributed by atoms with Gasteiger partial charge in [0.25, 0.3) is 0 Å². The van der Waals surface area contributed by atoms with Crippen molar-refractivity contribution in [3.8, 4) is 11.4 Å². The van der Waals surface area contributed by atoms with Crippen LogP contribution in [-0.4, -0.2) is 22.1 Å². The zero-order chi connectivity index (χ0) is 21.2. The number of anilines is 1. The van der Waals surface area contributed by atoms with E-state index in [1.807, 2.05) is 6.92 Å². The number of nitrogens with one attached hydrogen (secondary N) is 1. The Bertz CT molecular complexity index is 1030. The van der Waals surface area contributed by atoms with Crippen molar-refractivity contribution in [1.82, 2.24) is 9.78 Å². The minimum absolute atomic E-state index is 0.0500. The van der Waals surface area contributed by atoms with Crippen molar-refractivity contribution in [1.29, 1.82) is 0 Å². The minimum atomic E-state index is -4.85. The molecule has 29 heavy (non-hydrogen) atoms. The van der Waals surface area contributed by atoms with Crippen molar-refractivity contribution in [2.24, 2.45) is 0 Å². The standard InChI is InChI=1S/C20H17ClF3N3O2/c1-12-16(13(2)27(26-12)15-9-7-14(21)8-10-15)11-19(28)25-17-5-3-4-6-18(17)29-20(22,23)24/h3-10H,11H2,1-2H3,(H,25,28). The van der Waals surface area contributed by atoms with Gasteiger partial charge < -0.3 is 10.1 Å². The number of ether oxygens (including phenoxy) is 1. The molecular formula is C20H17ClF3N3O2. The number of alkyl halides is 3. The molecule has 0 aliphatic rings. The molecule has 1 aromatic heterocycles. The van der Waals surface area contributed by atoms with Gasteiger partial charge in [-0.1, -0.05) is 23.7 Å². The summed E-state index contributed by atoms with van der Waals surface area (Å²) >= 11 is 5.91. The number of aryl methyl sites for hydroxylation is 1. The predicted molar refractivity (Wildman–Crippen MR) is 104 cm³/mol. The molecule has 1 heterocycles. The van der Waals surface area contributed by atoms with Gasteiger partial charge in [-0.15, -0.1) is 13.2 Å². The van der Waals surface area contributed by atoms with E-state index in [9.17, 15) is 18.0 Å². The number of hydrogen-bond acceptors (Lipinski definition) is 3. The van der Waals surface area contributed by atoms with Crippen LogP contribution in [0.5, 0.6) is 5.75 Å². The molecule has 0 bridgehead atoms. The Hall–Kier alpha value is -3.00. The average Bonchev–Trinajstić information content (AvgIpc) is 2.91. The van der Waals surface area contributed by atoms with Crippen LogP contribution < -0.4 is 10.1 Å². The number of rotatable bonds is 5. The maximum atomic E-state index is 12.5. The monoisotopic (exact) mass is 423 g/mol. The first kappa shape index (κ1) is 20.7. The number of halogens is 4. The van der Waals surface area contributed by atoms with Crippen LogP contribution >= 0.6 is 11.6 Å². The lowest BCUT2D eigenvalue weighted by Gasteiger charge is -2.14. The van der Waals surface area contributed by atoms with Crippen LogP contribution in [0.25, 0.3) is 5.69 Å². The fraction of sp³-hybridized carbons (Fsp3) is 0.200. The lowest BCUT2D eigenvalue weighted by atomic mass is 10.1. The Morgan fingerprint density at radius 2 is 1.79 bits per heavy atom. The zero-order valence-corrected chi connectivity index (χ0v) is 16.3. The maximum absolute atomic E-state index is 12.5. The van der Waals surface area contributed by atoms with E-state index in [0.717, 1.165) is 17.4 Å². The van der Waals surface area contributed by atoms with Crippen molar-refractivity contribution < 1.29 is 22.7 Å². The minimum Gasteiger partial charge on any atom is -0.404 e. The van der Waals surface area contributed by atoms with Gasteiger partial charge in [-0.05, 0) is 50.2 Å². The first-order chi connectivity index (χ1) is 13.6. The number of benzene rings is 2. The van der Waals surface area contributed by atoms with Crippen LogP contribution in [0.15, 0.2) is 48.5 Å². The van der Waals surface area contributed by atoms with Gasteiger partial charge in [0.15, 0.2) is 5.75 Å². The molecule has 0 saturated carbocycles. The molecule has 0 unspecified atom stereocenters. The number of carbonyl (C=O) groups excluding carboxylic acids is 1. The summed E-state index contributed by atoms with van der Waals surface area (Å²) in [6.45, 7) is 3.58. The maximum Gasteiger partial charge on any atom is 0.573 e. The van der Waals surface area contributed by atoms with E-state index in [4.69, 9.17) is 11.6 Å². The third-order valence-corrected chi connectivity index (χ3v) is 4.49. The summed E-state index contributed by atoms with van der Waals surface area (Å²) in [5.74, 6) is -0.955. The Kier molecular flexibility index (Phi) is 5.83. The predicted octanol–water partition coefficient (Wildman–Crippen LogP) is 5.22. The third-order valence-electron chi connectivity index (χ3n) is 4.24. The second-order valence-electron chi connectivity index (χ2n) is 6.31. The third kappa shape index (κ3) is 5.08. The first-order valence-electron chi connectivity index (χ1n) is 8.59. The smallest absolute Gasteiger partial charge is 0.404 e. The van der Waals surface area contributed by atoms with E-state index in [1.165, 1.54) is 18.2 Å². The van der Waals surface area contributed by atoms with Gasteiger partial charge in [-0.25, -0.2) is 4.68 Å². The van der Waals surface area contributed by atoms with Crippen LogP contribution in [0.1, 0.15) is 17.0 Å². The topological polar surface area (TPSA) is 56.2 Å². The SMILES string of the molecule is Cc1nn(-c2ccc(Cl)cc2)c(C)c1CC(=O)Nc1ccccc1OC(F)(F)F. The van der Waals surface area contributed by atoms with Crippen LogP contribution in [-0.2, 0) is 11.2 Å². The highest BCUT2D eigenvalue weighted by Crippen LogP contribution is 2.30. The summed E-state index contributed by atoms with van der Waals surface area (Å²) in [5, 5.41) is 7.52. The molecular weight excluding hydrogens is 407 g/mol. The molecule has 0 aliphatic carbocycles. The lowest BCUT2D eigenvalue weighted by Crippen LogP contribution is -2.20. The molecule has 9 heteroatoms. The van der Waals surface area contributed by atoms with Gasteiger partial charge in [-0.2, -0.15) is 5.10 Å². The van der Waals surface area contributed by atoms with Gasteiger partial charge >= 0.3 is 6.36 Å². The second kappa shape index (κ2) is 8.16. The molecule has 0 radical (unpaired) electrons. The number of para-hydroxylation sites is 2. The Morgan fingerprint density at radius 3 is 2.45 bits per heavy atom. The van der Waals surface area contributed by atoms with Crippen molar-refractivity contribution in [3.05, 3.63) is 70.5 Å². The molecule has 3 aromatic rings. The van der Waals surface area contributed by atoms with E-state index < -0.39 is 18.0 Å². The highest BCUT2D eigenvalue weighted by atomic mass is 35.5. The van der Waals surface area contributed by atoms with E-state index in [1.54, 1.807) is 35.9 Å². The van der Waals surface area contributed by atoms with Crippen molar-refractivity contribution in [3.63, 3.8) is 0 Å². The van der Waals surface area contributed by atoms with Crippen molar-refractivity contribution in [2.75, 3.05) is 5.32 Å². The molecule has 0 spiro atoms. The van der Waals surface area contributed by atoms with Gasteiger partial charge in [0.1, 0.15) is 0 Å². The first-order valence-corrected chi connectivity index (χ1v) is 8.97. The van der Waals surface area contributed by atoms with E-state index in [-0.39, 0.29) is 12.1 Å². The zero-order valence-electron chi connectivity index (χ0n) is 15.5. The molecule has 1 amide bonds. The van der Waals surface area contributed by atoms with Gasteiger partial charge in [0, 0.05) is 16.3 Å². The Balaban J connectivity index is 1.80. The summed E-state index contributed by atoms with van der Waals surface area (Å²) < 4.78 is 43.3. The van der Waals surface area contributed by atoms with Gasteiger partial charge in [-0.3, -0.25) is 4.79 Å². The van der Waals surface area contributed by atoms with Crippen LogP contribution in [0, 0.1) is 13.8 Å². The number of carbonyl (C=O) groups is 1. The quantitative estimate of drug-likeness (QED) is 0.612. The van der Waals surface area contributed by atoms with Crippen molar-refractivity contribution in [2.45, 2.75) is 26.6 Å². The van der Waals surface area contributed by atoms with Crippen LogP contribution in [0.2, 0.25) is 5.02 Å². The summed E-state index contributed by atoms with van der Waals surface area (Å²) in [4.78, 5) is 12.5. The number of amides is 1. The molecule has 152 valence electrons. The van der Waals surface area contributed by atoms with Crippen LogP contribution in [0.4, 0.5) is 18.9 Å². The fourth-order valence-corrected chi connectivity index (χ4v) is 3.03. The average molecular weight is 424 g/mol. The van der Waals surface area contributed by atoms with Crippen LogP contribution in [0.3, 0.4) is 0 Å². The van der Waals surface area contributed by atoms with Crippen molar-refractivity contribution >= 4 is 23.2 Å². The summed E-state index contributed by atoms with van der Waals surface area (Å²) in [6, 6.07) is 12.4. The molecule has 0 atom stereocenters. The largest absolute Gasteiger partial charge is 0.573 e. The van der Waals surface area contributed by atoms with E-state index in [2.05, 4.69) is 15.2 Å². The number of hydrogen-bond donors (Lipinski definition) is 1. The molecule has 3 rings (SSSR count). The second-order valence-corrected chi connectivity index (χ2v) is 6.74. The summed E-state index contributed by atoms with van der Waals surface area (Å²) in [5.41, 5.74) is 2.81. The van der Waals surface area contributed by atoms with E-state index >= 15 is 0 Å². The highest BCUT2D eigenvalue weighted by molar-refractivity contribution is 6.30. The Morgan fingerprint density at radius 1 is 1.14 bits per heavy atom. The molecule has 1 N–H and O–H groups in total. The summed E-state index contributed by atoms with van der Waals surface area (Å²) in [6.07, 6.45) is -4.90. The summed E-state index contributed by atoms with van der Waals surface area (Å²) in [7, 11) is 0.